The van der Waals surface area contributed by atoms with Crippen LogP contribution in [0.5, 0.6) is 0 Å². The molecule has 0 atom stereocenters. The van der Waals surface area contributed by atoms with Crippen LogP contribution in [0.1, 0.15) is 40.0 Å². The molecule has 0 radical (unpaired) electrons. The normalized spacial score (nSPS) is 16.9. The minimum Gasteiger partial charge on any atom is -0.0991 e. The van der Waals surface area contributed by atoms with E-state index < -0.39 is 0 Å². The molecule has 0 amide bonds. The van der Waals surface area contributed by atoms with Crippen LogP contribution in [0, 0.1) is 0 Å². The maximum atomic E-state index is 3.93. The summed E-state index contributed by atoms with van der Waals surface area (Å²) in [6, 6.07) is 0. The van der Waals surface area contributed by atoms with Crippen LogP contribution in [0.4, 0.5) is 0 Å². The van der Waals surface area contributed by atoms with Gasteiger partial charge in [-0.05, 0) is 54.6 Å². The van der Waals surface area contributed by atoms with Gasteiger partial charge in [0.25, 0.3) is 0 Å². The molecule has 1 rings (SSSR count). The molecule has 0 aromatic heterocycles. The molecule has 0 aromatic carbocycles. The molecule has 0 heteroatoms. The van der Waals surface area contributed by atoms with Gasteiger partial charge in [-0.3, -0.25) is 0 Å². The molecule has 20 heavy (non-hydrogen) atoms. The molecule has 0 nitrogen and oxygen atoms in total. The van der Waals surface area contributed by atoms with E-state index in [9.17, 15) is 0 Å². The van der Waals surface area contributed by atoms with Gasteiger partial charge in [-0.25, -0.2) is 0 Å². The van der Waals surface area contributed by atoms with E-state index in [4.69, 9.17) is 0 Å². The molecule has 0 aromatic rings. The molecule has 0 saturated carbocycles. The summed E-state index contributed by atoms with van der Waals surface area (Å²) >= 11 is 0. The lowest BCUT2D eigenvalue weighted by Gasteiger charge is -2.03. The van der Waals surface area contributed by atoms with Crippen molar-refractivity contribution in [3.63, 3.8) is 0 Å². The van der Waals surface area contributed by atoms with Gasteiger partial charge >= 0.3 is 0 Å². The maximum Gasteiger partial charge on any atom is -0.00168 e. The Morgan fingerprint density at radius 2 is 1.95 bits per heavy atom. The van der Waals surface area contributed by atoms with E-state index in [1.165, 1.54) is 27.9 Å². The van der Waals surface area contributed by atoms with Gasteiger partial charge in [-0.2, -0.15) is 0 Å². The van der Waals surface area contributed by atoms with Crippen LogP contribution in [-0.2, 0) is 0 Å². The molecule has 0 spiro atoms. The Morgan fingerprint density at radius 3 is 2.50 bits per heavy atom. The van der Waals surface area contributed by atoms with Crippen LogP contribution in [-0.4, -0.2) is 0 Å². The summed E-state index contributed by atoms with van der Waals surface area (Å²) in [6.07, 6.45) is 17.9. The molecular formula is C20H26. The molecule has 0 heterocycles. The second-order valence-electron chi connectivity index (χ2n) is 5.03. The van der Waals surface area contributed by atoms with Crippen molar-refractivity contribution in [2.45, 2.75) is 40.0 Å². The highest BCUT2D eigenvalue weighted by atomic mass is 14.2. The van der Waals surface area contributed by atoms with Crippen molar-refractivity contribution in [2.75, 3.05) is 0 Å². The predicted octanol–water partition coefficient (Wildman–Crippen LogP) is 6.23. The lowest BCUT2D eigenvalue weighted by molar-refractivity contribution is 0.924. The lowest BCUT2D eigenvalue weighted by Crippen LogP contribution is -1.84. The van der Waals surface area contributed by atoms with Gasteiger partial charge in [0, 0.05) is 0 Å². The van der Waals surface area contributed by atoms with E-state index in [-0.39, 0.29) is 0 Å². The zero-order valence-corrected chi connectivity index (χ0v) is 13.1. The van der Waals surface area contributed by atoms with Crippen molar-refractivity contribution in [3.8, 4) is 0 Å². The summed E-state index contributed by atoms with van der Waals surface area (Å²) in [7, 11) is 0. The van der Waals surface area contributed by atoms with Gasteiger partial charge in [0.2, 0.25) is 0 Å². The molecule has 0 unspecified atom stereocenters. The molecule has 0 fully saturated rings. The summed E-state index contributed by atoms with van der Waals surface area (Å²) < 4.78 is 0. The van der Waals surface area contributed by atoms with Crippen LogP contribution < -0.4 is 0 Å². The van der Waals surface area contributed by atoms with Crippen LogP contribution in [0.3, 0.4) is 0 Å². The fourth-order valence-corrected chi connectivity index (χ4v) is 2.49. The van der Waals surface area contributed by atoms with Crippen molar-refractivity contribution in [3.05, 3.63) is 83.6 Å². The Hall–Kier alpha value is -1.82. The van der Waals surface area contributed by atoms with Gasteiger partial charge < -0.3 is 0 Å². The third-order valence-electron chi connectivity index (χ3n) is 3.54. The van der Waals surface area contributed by atoms with Gasteiger partial charge in [0.1, 0.15) is 0 Å². The molecule has 0 N–H and O–H groups in total. The minimum absolute atomic E-state index is 0.997. The first-order chi connectivity index (χ1) is 9.67. The van der Waals surface area contributed by atoms with Gasteiger partial charge in [0.05, 0.1) is 0 Å². The third kappa shape index (κ3) is 4.09. The molecule has 1 aliphatic carbocycles. The molecule has 0 saturated heterocycles. The summed E-state index contributed by atoms with van der Waals surface area (Å²) in [6.45, 7) is 14.1. The van der Waals surface area contributed by atoms with E-state index in [1.54, 1.807) is 0 Å². The van der Waals surface area contributed by atoms with Crippen LogP contribution in [0.15, 0.2) is 83.6 Å². The van der Waals surface area contributed by atoms with Crippen molar-refractivity contribution < 1.29 is 0 Å². The smallest absolute Gasteiger partial charge is 0.00168 e. The van der Waals surface area contributed by atoms with Crippen LogP contribution in [0.2, 0.25) is 0 Å². The Morgan fingerprint density at radius 1 is 1.20 bits per heavy atom. The van der Waals surface area contributed by atoms with E-state index >= 15 is 0 Å². The summed E-state index contributed by atoms with van der Waals surface area (Å²) in [4.78, 5) is 0. The average Bonchev–Trinajstić information content (AvgIpc) is 2.73. The zero-order valence-electron chi connectivity index (χ0n) is 13.1. The average molecular weight is 266 g/mol. The first-order valence-electron chi connectivity index (χ1n) is 7.35. The highest BCUT2D eigenvalue weighted by Crippen LogP contribution is 2.35. The van der Waals surface area contributed by atoms with Crippen LogP contribution >= 0.6 is 0 Å². The van der Waals surface area contributed by atoms with Crippen molar-refractivity contribution in [1.29, 1.82) is 0 Å². The predicted molar refractivity (Wildman–Crippen MR) is 91.7 cm³/mol. The van der Waals surface area contributed by atoms with E-state index in [0.29, 0.717) is 0 Å². The molecule has 0 aliphatic heterocycles. The van der Waals surface area contributed by atoms with Gasteiger partial charge in [0.15, 0.2) is 0 Å². The summed E-state index contributed by atoms with van der Waals surface area (Å²) in [5.41, 5.74) is 6.82. The second kappa shape index (κ2) is 8.37. The Balaban J connectivity index is 3.15. The van der Waals surface area contributed by atoms with Crippen molar-refractivity contribution >= 4 is 0 Å². The summed E-state index contributed by atoms with van der Waals surface area (Å²) in [5, 5.41) is 0. The number of hydrogen-bond donors (Lipinski definition) is 0. The van der Waals surface area contributed by atoms with Crippen molar-refractivity contribution in [1.82, 2.24) is 0 Å². The highest BCUT2D eigenvalue weighted by molar-refractivity contribution is 5.58. The molecular weight excluding hydrogens is 240 g/mol. The molecule has 106 valence electrons. The topological polar surface area (TPSA) is 0 Å². The quantitative estimate of drug-likeness (QED) is 0.479. The van der Waals surface area contributed by atoms with E-state index in [1.807, 2.05) is 18.2 Å². The Labute approximate surface area is 124 Å². The first kappa shape index (κ1) is 16.2. The highest BCUT2D eigenvalue weighted by Gasteiger charge is 2.16. The van der Waals surface area contributed by atoms with Gasteiger partial charge in [-0.15, -0.1) is 0 Å². The summed E-state index contributed by atoms with van der Waals surface area (Å²) in [5.74, 6) is 0. The zero-order chi connectivity index (χ0) is 15.0. The molecule has 0 bridgehead atoms. The maximum absolute atomic E-state index is 3.93. The largest absolute Gasteiger partial charge is 0.0991 e. The number of allylic oxidation sites excluding steroid dienone is 12. The van der Waals surface area contributed by atoms with E-state index in [0.717, 1.165) is 19.3 Å². The van der Waals surface area contributed by atoms with Crippen molar-refractivity contribution in [2.24, 2.45) is 0 Å². The third-order valence-corrected chi connectivity index (χ3v) is 3.54. The van der Waals surface area contributed by atoms with Gasteiger partial charge in [-0.1, -0.05) is 69.0 Å². The lowest BCUT2D eigenvalue weighted by atomic mass is 10.0. The monoisotopic (exact) mass is 266 g/mol. The second-order valence-corrected chi connectivity index (χ2v) is 5.03. The fraction of sp³-hybridized carbons (Fsp3) is 0.300. The standard InChI is InChI=1S/C20H26/c1-6-10-13-18-15-19(14-17(9-4)11-7-2)20(12-8-3)16(18)5/h6,8-10,12-14H,1,4,7,11,15H2,2-3,5H3/b12-8+,13-10-,17-14-. The Kier molecular flexibility index (Phi) is 6.79. The number of hydrogen-bond acceptors (Lipinski definition) is 0. The Bertz CT molecular complexity index is 516. The fourth-order valence-electron chi connectivity index (χ4n) is 2.49. The van der Waals surface area contributed by atoms with E-state index in [2.05, 4.69) is 58.2 Å². The van der Waals surface area contributed by atoms with Crippen LogP contribution in [0.25, 0.3) is 0 Å². The molecule has 1 aliphatic rings. The SMILES string of the molecule is C=C/C=C\C1=C(C)C(/C=C/C)=C(/C=C(/C=C)CCC)C1. The first-order valence-corrected chi connectivity index (χ1v) is 7.35. The number of rotatable bonds is 7. The minimum atomic E-state index is 0.997.